The van der Waals surface area contributed by atoms with E-state index in [2.05, 4.69) is 6.07 Å². The highest BCUT2D eigenvalue weighted by molar-refractivity contribution is 5.95. The Morgan fingerprint density at radius 2 is 1.72 bits per heavy atom. The van der Waals surface area contributed by atoms with E-state index in [0.717, 1.165) is 57.3 Å². The molecule has 3 aliphatic rings. The number of allylic oxidation sites excluding steroid dienone is 3. The average molecular weight is 399 g/mol. The first-order valence-electron chi connectivity index (χ1n) is 10.4. The minimum absolute atomic E-state index is 0.386. The second kappa shape index (κ2) is 11.1. The van der Waals surface area contributed by atoms with E-state index < -0.39 is 18.2 Å². The zero-order valence-electron chi connectivity index (χ0n) is 17.0. The van der Waals surface area contributed by atoms with Crippen LogP contribution in [-0.2, 0) is 23.7 Å². The summed E-state index contributed by atoms with van der Waals surface area (Å²) in [7, 11) is 1.35. The minimum atomic E-state index is -0.716. The molecule has 1 aliphatic heterocycles. The van der Waals surface area contributed by atoms with E-state index in [9.17, 15) is 10.1 Å². The molecular weight excluding hydrogens is 370 g/mol. The summed E-state index contributed by atoms with van der Waals surface area (Å²) in [6, 6.07) is 2.28. The Labute approximate surface area is 172 Å². The Morgan fingerprint density at radius 3 is 2.41 bits per heavy atom. The first-order valence-corrected chi connectivity index (χ1v) is 10.4. The third-order valence-electron chi connectivity index (χ3n) is 5.31. The fourth-order valence-electron chi connectivity index (χ4n) is 3.85. The van der Waals surface area contributed by atoms with Crippen molar-refractivity contribution in [1.29, 1.82) is 5.26 Å². The van der Waals surface area contributed by atoms with Crippen LogP contribution >= 0.6 is 0 Å². The smallest absolute Gasteiger partial charge is 0.337 e. The fraction of sp³-hybridized carbons (Fsp3) is 0.565. The van der Waals surface area contributed by atoms with E-state index in [4.69, 9.17) is 18.9 Å². The number of nitriles is 1. The molecule has 29 heavy (non-hydrogen) atoms. The van der Waals surface area contributed by atoms with Gasteiger partial charge in [0.05, 0.1) is 24.3 Å². The summed E-state index contributed by atoms with van der Waals surface area (Å²) in [6.45, 7) is 2.57. The van der Waals surface area contributed by atoms with Gasteiger partial charge in [0.2, 0.25) is 0 Å². The summed E-state index contributed by atoms with van der Waals surface area (Å²) in [5.74, 6) is -0.471. The maximum Gasteiger partial charge on any atom is 0.337 e. The highest BCUT2D eigenvalue weighted by Gasteiger charge is 2.41. The summed E-state index contributed by atoms with van der Waals surface area (Å²) >= 11 is 0. The SMILES string of the molecule is COC(=O)C1=C2C=CC=CC3OCCCCCOCCCCCOC1C(C#N)=C23. The van der Waals surface area contributed by atoms with Crippen LogP contribution in [0.5, 0.6) is 0 Å². The lowest BCUT2D eigenvalue weighted by Gasteiger charge is -2.18. The molecule has 0 saturated carbocycles. The predicted octanol–water partition coefficient (Wildman–Crippen LogP) is 3.56. The largest absolute Gasteiger partial charge is 0.466 e. The number of esters is 1. The fourth-order valence-corrected chi connectivity index (χ4v) is 3.85. The van der Waals surface area contributed by atoms with E-state index in [1.807, 2.05) is 24.3 Å². The standard InChI is InChI=1S/C23H29NO5/c1-26-23(25)21-17-10-4-5-11-19-20(17)18(16-24)22(21)29-15-9-3-7-13-27-12-6-2-8-14-28-19/h4-5,10-11,19,22H,2-3,6-9,12-15H2,1H3. The van der Waals surface area contributed by atoms with Gasteiger partial charge >= 0.3 is 5.97 Å². The Kier molecular flexibility index (Phi) is 8.24. The van der Waals surface area contributed by atoms with Gasteiger partial charge in [-0.1, -0.05) is 24.3 Å². The molecule has 0 aromatic heterocycles. The van der Waals surface area contributed by atoms with Crippen molar-refractivity contribution in [3.8, 4) is 6.07 Å². The van der Waals surface area contributed by atoms with Crippen LogP contribution in [0, 0.1) is 11.3 Å². The third kappa shape index (κ3) is 5.24. The molecule has 0 fully saturated rings. The Balaban J connectivity index is 1.92. The molecule has 0 aromatic rings. The molecule has 0 spiro atoms. The first-order chi connectivity index (χ1) is 14.3. The molecule has 0 radical (unpaired) electrons. The number of nitrogens with zero attached hydrogens (tertiary/aromatic N) is 1. The van der Waals surface area contributed by atoms with Crippen molar-refractivity contribution in [2.24, 2.45) is 0 Å². The quantitative estimate of drug-likeness (QED) is 0.628. The maximum atomic E-state index is 12.6. The Morgan fingerprint density at radius 1 is 1.03 bits per heavy atom. The molecule has 3 rings (SSSR count). The molecule has 0 aromatic carbocycles. The molecule has 0 N–H and O–H groups in total. The van der Waals surface area contributed by atoms with Gasteiger partial charge < -0.3 is 18.9 Å². The second-order valence-electron chi connectivity index (χ2n) is 7.28. The van der Waals surface area contributed by atoms with E-state index >= 15 is 0 Å². The first kappa shape index (κ1) is 21.5. The van der Waals surface area contributed by atoms with Crippen LogP contribution in [0.3, 0.4) is 0 Å². The van der Waals surface area contributed by atoms with E-state index in [1.54, 1.807) is 0 Å². The summed E-state index contributed by atoms with van der Waals surface area (Å²) in [4.78, 5) is 12.6. The van der Waals surface area contributed by atoms with Crippen molar-refractivity contribution in [3.05, 3.63) is 46.6 Å². The lowest BCUT2D eigenvalue weighted by Crippen LogP contribution is -2.23. The predicted molar refractivity (Wildman–Crippen MR) is 108 cm³/mol. The summed E-state index contributed by atoms with van der Waals surface area (Å²) in [5.41, 5.74) is 2.23. The van der Waals surface area contributed by atoms with Gasteiger partial charge in [-0.3, -0.25) is 0 Å². The van der Waals surface area contributed by atoms with Gasteiger partial charge in [-0.05, 0) is 44.1 Å². The van der Waals surface area contributed by atoms with E-state index in [0.29, 0.717) is 29.9 Å². The monoisotopic (exact) mass is 399 g/mol. The topological polar surface area (TPSA) is 77.8 Å². The molecule has 2 unspecified atom stereocenters. The van der Waals surface area contributed by atoms with Crippen LogP contribution in [0.1, 0.15) is 38.5 Å². The number of hydrogen-bond donors (Lipinski definition) is 0. The van der Waals surface area contributed by atoms with Crippen molar-refractivity contribution in [3.63, 3.8) is 0 Å². The summed E-state index contributed by atoms with van der Waals surface area (Å²) in [5, 5.41) is 9.93. The number of rotatable bonds is 1. The average Bonchev–Trinajstić information content (AvgIpc) is 2.90. The van der Waals surface area contributed by atoms with Crippen LogP contribution < -0.4 is 0 Å². The van der Waals surface area contributed by atoms with Crippen molar-refractivity contribution in [1.82, 2.24) is 0 Å². The van der Waals surface area contributed by atoms with Crippen LogP contribution in [0.2, 0.25) is 0 Å². The number of hydrogen-bond acceptors (Lipinski definition) is 6. The highest BCUT2D eigenvalue weighted by atomic mass is 16.5. The molecular formula is C23H29NO5. The van der Waals surface area contributed by atoms with Gasteiger partial charge in [-0.25, -0.2) is 4.79 Å². The van der Waals surface area contributed by atoms with Crippen LogP contribution in [0.4, 0.5) is 0 Å². The zero-order chi connectivity index (χ0) is 20.5. The van der Waals surface area contributed by atoms with Gasteiger partial charge in [0.15, 0.2) is 0 Å². The van der Waals surface area contributed by atoms with Gasteiger partial charge in [0.1, 0.15) is 12.2 Å². The van der Waals surface area contributed by atoms with Crippen molar-refractivity contribution in [2.45, 2.75) is 50.7 Å². The molecule has 0 saturated heterocycles. The van der Waals surface area contributed by atoms with Crippen LogP contribution in [0.15, 0.2) is 46.6 Å². The van der Waals surface area contributed by atoms with Gasteiger partial charge in [-0.2, -0.15) is 5.26 Å². The van der Waals surface area contributed by atoms with Crippen LogP contribution in [-0.4, -0.2) is 51.7 Å². The van der Waals surface area contributed by atoms with Crippen molar-refractivity contribution >= 4 is 5.97 Å². The Hall–Kier alpha value is -2.20. The second-order valence-corrected chi connectivity index (χ2v) is 7.28. The number of ether oxygens (including phenoxy) is 4. The summed E-state index contributed by atoms with van der Waals surface area (Å²) in [6.07, 6.45) is 12.2. The molecule has 6 heteroatoms. The van der Waals surface area contributed by atoms with E-state index in [-0.39, 0.29) is 0 Å². The number of carbonyl (C=O) groups is 1. The molecule has 6 nitrogen and oxygen atoms in total. The zero-order valence-corrected chi connectivity index (χ0v) is 17.0. The van der Waals surface area contributed by atoms with Gasteiger partial charge in [-0.15, -0.1) is 0 Å². The third-order valence-corrected chi connectivity index (χ3v) is 5.31. The molecule has 2 aliphatic carbocycles. The van der Waals surface area contributed by atoms with Crippen LogP contribution in [0.25, 0.3) is 0 Å². The summed E-state index contributed by atoms with van der Waals surface area (Å²) < 4.78 is 22.9. The molecule has 2 bridgehead atoms. The normalized spacial score (nSPS) is 26.6. The number of carbonyl (C=O) groups excluding carboxylic acids is 1. The van der Waals surface area contributed by atoms with Crippen molar-refractivity contribution in [2.75, 3.05) is 33.5 Å². The van der Waals surface area contributed by atoms with Crippen molar-refractivity contribution < 1.29 is 23.7 Å². The molecule has 156 valence electrons. The highest BCUT2D eigenvalue weighted by Crippen LogP contribution is 2.40. The number of fused-ring (bicyclic) bond motifs is 1. The van der Waals surface area contributed by atoms with E-state index in [1.165, 1.54) is 7.11 Å². The minimum Gasteiger partial charge on any atom is -0.466 e. The maximum absolute atomic E-state index is 12.6. The lowest BCUT2D eigenvalue weighted by molar-refractivity contribution is -0.137. The molecule has 1 heterocycles. The molecule has 0 amide bonds. The number of methoxy groups -OCH3 is 1. The van der Waals surface area contributed by atoms with Gasteiger partial charge in [0, 0.05) is 32.0 Å². The molecule has 2 atom stereocenters. The lowest BCUT2D eigenvalue weighted by atomic mass is 10.00. The van der Waals surface area contributed by atoms with Gasteiger partial charge in [0.25, 0.3) is 0 Å². The Bertz CT molecular complexity index is 756.